The van der Waals surface area contributed by atoms with E-state index in [-0.39, 0.29) is 12.4 Å². The van der Waals surface area contributed by atoms with Gasteiger partial charge in [-0.2, -0.15) is 0 Å². The third kappa shape index (κ3) is 1.79. The van der Waals surface area contributed by atoms with Crippen molar-refractivity contribution in [1.82, 2.24) is 0 Å². The zero-order valence-electron chi connectivity index (χ0n) is 5.85. The van der Waals surface area contributed by atoms with Gasteiger partial charge in [0.1, 0.15) is 5.82 Å². The van der Waals surface area contributed by atoms with Gasteiger partial charge in [0.05, 0.1) is 6.61 Å². The van der Waals surface area contributed by atoms with Gasteiger partial charge in [-0.1, -0.05) is 28.1 Å². The molecule has 0 aliphatic rings. The highest BCUT2D eigenvalue weighted by Crippen LogP contribution is 2.15. The molecule has 1 aromatic carbocycles. The molecule has 0 unspecified atom stereocenters. The fraction of sp³-hybridized carbons (Fsp3) is 0.250. The van der Waals surface area contributed by atoms with Gasteiger partial charge < -0.3 is 5.11 Å². The first-order valence-electron chi connectivity index (χ1n) is 3.22. The smallest absolute Gasteiger partial charge is 0.129 e. The van der Waals surface area contributed by atoms with Gasteiger partial charge in [-0.3, -0.25) is 0 Å². The second kappa shape index (κ2) is 3.83. The van der Waals surface area contributed by atoms with Crippen LogP contribution in [0.2, 0.25) is 0 Å². The number of halogens is 2. The average Bonchev–Trinajstić information content (AvgIpc) is 2.04. The van der Waals surface area contributed by atoms with Crippen LogP contribution < -0.4 is 0 Å². The molecule has 0 spiro atoms. The molecule has 0 atom stereocenters. The minimum Gasteiger partial charge on any atom is -0.392 e. The maximum absolute atomic E-state index is 12.9. The average molecular weight is 219 g/mol. The predicted molar refractivity (Wildman–Crippen MR) is 45.0 cm³/mol. The van der Waals surface area contributed by atoms with Gasteiger partial charge >= 0.3 is 0 Å². The molecule has 0 bridgehead atoms. The van der Waals surface area contributed by atoms with Gasteiger partial charge in [0.2, 0.25) is 0 Å². The highest BCUT2D eigenvalue weighted by atomic mass is 79.9. The van der Waals surface area contributed by atoms with E-state index in [1.165, 1.54) is 6.07 Å². The minimum absolute atomic E-state index is 0.242. The van der Waals surface area contributed by atoms with E-state index in [4.69, 9.17) is 5.11 Å². The number of aliphatic hydroxyl groups is 1. The molecule has 3 heteroatoms. The highest BCUT2D eigenvalue weighted by molar-refractivity contribution is 9.08. The lowest BCUT2D eigenvalue weighted by atomic mass is 10.1. The molecule has 0 aliphatic heterocycles. The number of rotatable bonds is 2. The van der Waals surface area contributed by atoms with Gasteiger partial charge in [-0.15, -0.1) is 0 Å². The molecule has 0 aliphatic carbocycles. The molecule has 1 aromatic rings. The van der Waals surface area contributed by atoms with Crippen LogP contribution in [0.15, 0.2) is 18.2 Å². The van der Waals surface area contributed by atoms with Crippen LogP contribution in [0.25, 0.3) is 0 Å². The second-order valence-corrected chi connectivity index (χ2v) is 2.73. The van der Waals surface area contributed by atoms with E-state index >= 15 is 0 Å². The van der Waals surface area contributed by atoms with Crippen molar-refractivity contribution in [3.63, 3.8) is 0 Å². The third-order valence-corrected chi connectivity index (χ3v) is 2.12. The lowest BCUT2D eigenvalue weighted by Gasteiger charge is -2.03. The molecule has 0 heterocycles. The summed E-state index contributed by atoms with van der Waals surface area (Å²) in [5, 5.41) is 9.34. The molecule has 1 nitrogen and oxygen atoms in total. The zero-order valence-corrected chi connectivity index (χ0v) is 7.44. The topological polar surface area (TPSA) is 20.2 Å². The summed E-state index contributed by atoms with van der Waals surface area (Å²) in [5.74, 6) is -0.343. The van der Waals surface area contributed by atoms with Gasteiger partial charge in [-0.25, -0.2) is 4.39 Å². The van der Waals surface area contributed by atoms with Crippen LogP contribution in [-0.4, -0.2) is 5.11 Å². The fourth-order valence-corrected chi connectivity index (χ4v) is 1.43. The quantitative estimate of drug-likeness (QED) is 0.756. The maximum Gasteiger partial charge on any atom is 0.129 e. The van der Waals surface area contributed by atoms with Crippen molar-refractivity contribution in [3.05, 3.63) is 35.1 Å². The lowest BCUT2D eigenvalue weighted by molar-refractivity contribution is 0.275. The second-order valence-electron chi connectivity index (χ2n) is 2.17. The van der Waals surface area contributed by atoms with E-state index in [1.807, 2.05) is 0 Å². The molecule has 0 amide bonds. The molecule has 11 heavy (non-hydrogen) atoms. The van der Waals surface area contributed by atoms with Gasteiger partial charge in [0.25, 0.3) is 0 Å². The monoisotopic (exact) mass is 218 g/mol. The molecule has 60 valence electrons. The SMILES string of the molecule is OCc1c(F)cccc1CBr. The Hall–Kier alpha value is -0.410. The van der Waals surface area contributed by atoms with E-state index in [2.05, 4.69) is 15.9 Å². The Morgan fingerprint density at radius 2 is 2.18 bits per heavy atom. The number of aliphatic hydroxyl groups excluding tert-OH is 1. The van der Waals surface area contributed by atoms with Gasteiger partial charge in [-0.05, 0) is 11.6 Å². The predicted octanol–water partition coefficient (Wildman–Crippen LogP) is 2.21. The Kier molecular flexibility index (Phi) is 3.02. The van der Waals surface area contributed by atoms with E-state index in [0.717, 1.165) is 5.56 Å². The van der Waals surface area contributed by atoms with Crippen LogP contribution in [0.1, 0.15) is 11.1 Å². The molecular formula is C8H8BrFO. The molecule has 0 aromatic heterocycles. The van der Waals surface area contributed by atoms with Crippen molar-refractivity contribution in [1.29, 1.82) is 0 Å². The van der Waals surface area contributed by atoms with Crippen LogP contribution in [-0.2, 0) is 11.9 Å². The minimum atomic E-state index is -0.343. The first kappa shape index (κ1) is 8.68. The number of hydrogen-bond acceptors (Lipinski definition) is 1. The fourth-order valence-electron chi connectivity index (χ4n) is 0.906. The number of alkyl halides is 1. The van der Waals surface area contributed by atoms with Crippen molar-refractivity contribution in [3.8, 4) is 0 Å². The molecule has 0 saturated carbocycles. The van der Waals surface area contributed by atoms with Crippen LogP contribution in [0.3, 0.4) is 0 Å². The molecule has 0 radical (unpaired) electrons. The summed E-state index contributed by atoms with van der Waals surface area (Å²) in [7, 11) is 0. The first-order valence-corrected chi connectivity index (χ1v) is 4.35. The Balaban J connectivity index is 3.13. The van der Waals surface area contributed by atoms with Crippen molar-refractivity contribution in [2.45, 2.75) is 11.9 Å². The lowest BCUT2D eigenvalue weighted by Crippen LogP contribution is -1.94. The van der Waals surface area contributed by atoms with Gasteiger partial charge in [0.15, 0.2) is 0 Å². The van der Waals surface area contributed by atoms with Crippen molar-refractivity contribution >= 4 is 15.9 Å². The van der Waals surface area contributed by atoms with Crippen molar-refractivity contribution < 1.29 is 9.50 Å². The van der Waals surface area contributed by atoms with Crippen molar-refractivity contribution in [2.24, 2.45) is 0 Å². The van der Waals surface area contributed by atoms with Crippen LogP contribution in [0, 0.1) is 5.82 Å². The first-order chi connectivity index (χ1) is 5.29. The van der Waals surface area contributed by atoms with Crippen molar-refractivity contribution in [2.75, 3.05) is 0 Å². The molecule has 1 rings (SSSR count). The summed E-state index contributed by atoms with van der Waals surface area (Å²) >= 11 is 3.21. The largest absolute Gasteiger partial charge is 0.392 e. The zero-order chi connectivity index (χ0) is 8.27. The van der Waals surface area contributed by atoms with E-state index in [0.29, 0.717) is 10.9 Å². The summed E-state index contributed by atoms with van der Waals surface area (Å²) in [5.41, 5.74) is 1.18. The van der Waals surface area contributed by atoms with Crippen LogP contribution >= 0.6 is 15.9 Å². The Morgan fingerprint density at radius 3 is 2.64 bits per heavy atom. The number of hydrogen-bond donors (Lipinski definition) is 1. The van der Waals surface area contributed by atoms with Crippen LogP contribution in [0.5, 0.6) is 0 Å². The Bertz CT molecular complexity index is 250. The summed E-state index contributed by atoms with van der Waals surface area (Å²) in [6.07, 6.45) is 0. The standard InChI is InChI=1S/C8H8BrFO/c9-4-6-2-1-3-8(10)7(6)5-11/h1-3,11H,4-5H2. The Morgan fingerprint density at radius 1 is 1.45 bits per heavy atom. The molecular weight excluding hydrogens is 211 g/mol. The third-order valence-electron chi connectivity index (χ3n) is 1.52. The maximum atomic E-state index is 12.9. The van der Waals surface area contributed by atoms with E-state index in [9.17, 15) is 4.39 Å². The summed E-state index contributed by atoms with van der Waals surface area (Å²) in [6, 6.07) is 4.76. The van der Waals surface area contributed by atoms with Gasteiger partial charge in [0, 0.05) is 10.9 Å². The normalized spacial score (nSPS) is 10.1. The molecule has 1 N–H and O–H groups in total. The summed E-state index contributed by atoms with van der Waals surface area (Å²) in [6.45, 7) is -0.242. The molecule has 0 saturated heterocycles. The van der Waals surface area contributed by atoms with E-state index < -0.39 is 0 Å². The summed E-state index contributed by atoms with van der Waals surface area (Å²) in [4.78, 5) is 0. The summed E-state index contributed by atoms with van der Waals surface area (Å²) < 4.78 is 12.9. The van der Waals surface area contributed by atoms with E-state index in [1.54, 1.807) is 12.1 Å². The molecule has 0 fully saturated rings. The highest BCUT2D eigenvalue weighted by Gasteiger charge is 2.04. The van der Waals surface area contributed by atoms with Crippen LogP contribution in [0.4, 0.5) is 4.39 Å². The Labute approximate surface area is 73.0 Å². The number of benzene rings is 1.